The van der Waals surface area contributed by atoms with Crippen molar-refractivity contribution in [1.29, 1.82) is 0 Å². The normalized spacial score (nSPS) is 16.1. The largest absolute Gasteiger partial charge is 0.466 e. The number of nitrogens with one attached hydrogen (secondary N) is 1. The van der Waals surface area contributed by atoms with E-state index in [1.807, 2.05) is 0 Å². The maximum atomic E-state index is 16.2. The summed E-state index contributed by atoms with van der Waals surface area (Å²) in [5, 5.41) is 13.5. The maximum absolute atomic E-state index is 16.2. The number of alkyl halides is 3. The minimum atomic E-state index is -3.62. The summed E-state index contributed by atoms with van der Waals surface area (Å²) < 4.78 is 77.2. The van der Waals surface area contributed by atoms with Crippen molar-refractivity contribution in [3.8, 4) is 0 Å². The molecule has 2 aromatic rings. The molecule has 196 valence electrons. The SMILES string of the molecule is COC(=O)C(F)(C(=O)OC)c1nc(C)nc(N[C@@](C)(O)c2cccc(C(F)F)c2F)c1C1OCCO1. The van der Waals surface area contributed by atoms with Crippen LogP contribution in [0.25, 0.3) is 0 Å². The van der Waals surface area contributed by atoms with Gasteiger partial charge in [-0.2, -0.15) is 0 Å². The minimum Gasteiger partial charge on any atom is -0.466 e. The Morgan fingerprint density at radius 2 is 1.75 bits per heavy atom. The van der Waals surface area contributed by atoms with Gasteiger partial charge in [0.15, 0.2) is 12.0 Å². The van der Waals surface area contributed by atoms with E-state index in [1.54, 1.807) is 0 Å². The first-order valence-corrected chi connectivity index (χ1v) is 10.4. The zero-order valence-corrected chi connectivity index (χ0v) is 19.6. The van der Waals surface area contributed by atoms with Crippen molar-refractivity contribution in [3.63, 3.8) is 0 Å². The number of ether oxygens (including phenoxy) is 4. The Labute approximate surface area is 202 Å². The van der Waals surface area contributed by atoms with Crippen LogP contribution in [-0.2, 0) is 39.9 Å². The summed E-state index contributed by atoms with van der Waals surface area (Å²) in [5.41, 5.74) is -8.91. The lowest BCUT2D eigenvalue weighted by Crippen LogP contribution is -2.44. The molecule has 1 aromatic heterocycles. The summed E-state index contributed by atoms with van der Waals surface area (Å²) in [6.07, 6.45) is -4.61. The Bertz CT molecular complexity index is 1140. The number of aliphatic hydroxyl groups is 1. The molecule has 1 aliphatic rings. The van der Waals surface area contributed by atoms with E-state index in [1.165, 1.54) is 6.92 Å². The fourth-order valence-electron chi connectivity index (χ4n) is 3.64. The fourth-order valence-corrected chi connectivity index (χ4v) is 3.64. The van der Waals surface area contributed by atoms with Gasteiger partial charge in [0.25, 0.3) is 6.43 Å². The first-order valence-electron chi connectivity index (χ1n) is 10.4. The number of halogens is 4. The Morgan fingerprint density at radius 1 is 1.17 bits per heavy atom. The molecule has 0 bridgehead atoms. The minimum absolute atomic E-state index is 0.0224. The van der Waals surface area contributed by atoms with Gasteiger partial charge < -0.3 is 29.4 Å². The highest BCUT2D eigenvalue weighted by atomic mass is 19.3. The summed E-state index contributed by atoms with van der Waals surface area (Å²) >= 11 is 0. The molecule has 14 heteroatoms. The van der Waals surface area contributed by atoms with Gasteiger partial charge in [0, 0.05) is 5.56 Å². The van der Waals surface area contributed by atoms with E-state index in [4.69, 9.17) is 9.47 Å². The van der Waals surface area contributed by atoms with Crippen molar-refractivity contribution < 1.29 is 51.2 Å². The summed E-state index contributed by atoms with van der Waals surface area (Å²) in [6.45, 7) is 2.35. The van der Waals surface area contributed by atoms with Crippen molar-refractivity contribution in [2.24, 2.45) is 0 Å². The number of hydrogen-bond donors (Lipinski definition) is 2. The molecule has 2 N–H and O–H groups in total. The second-order valence-corrected chi connectivity index (χ2v) is 7.80. The molecule has 1 saturated heterocycles. The van der Waals surface area contributed by atoms with Gasteiger partial charge in [0.05, 0.1) is 38.6 Å². The molecule has 3 rings (SSSR count). The molecule has 0 amide bonds. The molecular formula is C22H23F4N3O7. The lowest BCUT2D eigenvalue weighted by molar-refractivity contribution is -0.173. The van der Waals surface area contributed by atoms with Crippen LogP contribution in [0.5, 0.6) is 0 Å². The first kappa shape index (κ1) is 27.2. The molecule has 1 fully saturated rings. The third-order valence-corrected chi connectivity index (χ3v) is 5.32. The number of benzene rings is 1. The van der Waals surface area contributed by atoms with Crippen LogP contribution in [0.2, 0.25) is 0 Å². The van der Waals surface area contributed by atoms with Gasteiger partial charge in [-0.3, -0.25) is 0 Å². The predicted octanol–water partition coefficient (Wildman–Crippen LogP) is 2.70. The topological polar surface area (TPSA) is 129 Å². The molecule has 0 spiro atoms. The third-order valence-electron chi connectivity index (χ3n) is 5.32. The van der Waals surface area contributed by atoms with Crippen LogP contribution in [0.15, 0.2) is 18.2 Å². The number of anilines is 1. The Kier molecular flexibility index (Phi) is 7.81. The van der Waals surface area contributed by atoms with Crippen LogP contribution < -0.4 is 5.32 Å². The van der Waals surface area contributed by atoms with Gasteiger partial charge in [-0.15, -0.1) is 0 Å². The van der Waals surface area contributed by atoms with Crippen LogP contribution in [-0.4, -0.2) is 54.4 Å². The number of hydrogen-bond acceptors (Lipinski definition) is 10. The molecule has 10 nitrogen and oxygen atoms in total. The number of methoxy groups -OCH3 is 2. The van der Waals surface area contributed by atoms with Crippen molar-refractivity contribution in [2.45, 2.75) is 38.0 Å². The zero-order chi connectivity index (χ0) is 26.8. The maximum Gasteiger partial charge on any atom is 0.362 e. The first-order chi connectivity index (χ1) is 16.9. The number of aromatic nitrogens is 2. The molecule has 1 aliphatic heterocycles. The smallest absolute Gasteiger partial charge is 0.362 e. The highest BCUT2D eigenvalue weighted by Crippen LogP contribution is 2.41. The van der Waals surface area contributed by atoms with Crippen molar-refractivity contribution in [3.05, 3.63) is 52.2 Å². The molecule has 0 aliphatic carbocycles. The standard InChI is InChI=1S/C22H23F4N3O7/c1-10-27-15(22(26,19(30)33-3)20(31)34-4)13(18-35-8-9-36-18)17(28-10)29-21(2,32)12-7-5-6-11(14(12)23)16(24)25/h5-7,16,18,32H,8-9H2,1-4H3,(H,27,28,29)/t21-/m0/s1. The fraction of sp³-hybridized carbons (Fsp3) is 0.455. The summed E-state index contributed by atoms with van der Waals surface area (Å²) in [7, 11) is 1.66. The van der Waals surface area contributed by atoms with Crippen LogP contribution in [0.1, 0.15) is 47.8 Å². The van der Waals surface area contributed by atoms with E-state index in [-0.39, 0.29) is 19.0 Å². The third kappa shape index (κ3) is 4.83. The van der Waals surface area contributed by atoms with E-state index in [2.05, 4.69) is 24.8 Å². The molecule has 2 heterocycles. The van der Waals surface area contributed by atoms with Gasteiger partial charge >= 0.3 is 17.6 Å². The number of aryl methyl sites for hydroxylation is 1. The molecule has 36 heavy (non-hydrogen) atoms. The van der Waals surface area contributed by atoms with Crippen molar-refractivity contribution in [1.82, 2.24) is 9.97 Å². The molecule has 1 aromatic carbocycles. The Hall–Kier alpha value is -3.36. The van der Waals surface area contributed by atoms with E-state index >= 15 is 4.39 Å². The van der Waals surface area contributed by atoms with Gasteiger partial charge in [0.2, 0.25) is 0 Å². The molecule has 1 atom stereocenters. The number of carbonyl (C=O) groups excluding carboxylic acids is 2. The molecule has 0 unspecified atom stereocenters. The van der Waals surface area contributed by atoms with Gasteiger partial charge in [-0.05, 0) is 13.8 Å². The number of esters is 2. The summed E-state index contributed by atoms with van der Waals surface area (Å²) in [4.78, 5) is 32.9. The van der Waals surface area contributed by atoms with Crippen molar-refractivity contribution in [2.75, 3.05) is 32.8 Å². The molecule has 0 saturated carbocycles. The predicted molar refractivity (Wildman–Crippen MR) is 113 cm³/mol. The monoisotopic (exact) mass is 517 g/mol. The number of rotatable bonds is 8. The van der Waals surface area contributed by atoms with E-state index in [0.29, 0.717) is 0 Å². The summed E-state index contributed by atoms with van der Waals surface area (Å²) in [6, 6.07) is 3.01. The molecule has 0 radical (unpaired) electrons. The van der Waals surface area contributed by atoms with Crippen LogP contribution in [0.3, 0.4) is 0 Å². The highest BCUT2D eigenvalue weighted by molar-refractivity contribution is 6.04. The van der Waals surface area contributed by atoms with Gasteiger partial charge in [0.1, 0.15) is 23.2 Å². The zero-order valence-electron chi connectivity index (χ0n) is 19.6. The van der Waals surface area contributed by atoms with Crippen LogP contribution in [0, 0.1) is 12.7 Å². The highest BCUT2D eigenvalue weighted by Gasteiger charge is 2.56. The van der Waals surface area contributed by atoms with E-state index < -0.39 is 70.1 Å². The number of nitrogens with zero attached hydrogens (tertiary/aromatic N) is 2. The average molecular weight is 517 g/mol. The van der Waals surface area contributed by atoms with Gasteiger partial charge in [-0.25, -0.2) is 37.1 Å². The average Bonchev–Trinajstić information content (AvgIpc) is 3.36. The van der Waals surface area contributed by atoms with E-state index in [0.717, 1.165) is 39.3 Å². The Morgan fingerprint density at radius 3 is 2.28 bits per heavy atom. The van der Waals surface area contributed by atoms with Crippen molar-refractivity contribution >= 4 is 17.8 Å². The molecular weight excluding hydrogens is 494 g/mol. The second kappa shape index (κ2) is 10.3. The van der Waals surface area contributed by atoms with E-state index in [9.17, 15) is 27.9 Å². The quantitative estimate of drug-likeness (QED) is 0.233. The lowest BCUT2D eigenvalue weighted by Gasteiger charge is -2.30. The van der Waals surface area contributed by atoms with Gasteiger partial charge in [-0.1, -0.05) is 18.2 Å². The van der Waals surface area contributed by atoms with Crippen LogP contribution in [0.4, 0.5) is 23.4 Å². The van der Waals surface area contributed by atoms with Crippen LogP contribution >= 0.6 is 0 Å². The summed E-state index contributed by atoms with van der Waals surface area (Å²) in [5.74, 6) is -5.40. The second-order valence-electron chi connectivity index (χ2n) is 7.80. The Balaban J connectivity index is 2.25. The lowest BCUT2D eigenvalue weighted by atomic mass is 9.95. The number of carbonyl (C=O) groups is 2.